The van der Waals surface area contributed by atoms with E-state index in [0.717, 1.165) is 18.6 Å². The predicted octanol–water partition coefficient (Wildman–Crippen LogP) is 1.90. The number of hydrazone groups is 1. The van der Waals surface area contributed by atoms with Gasteiger partial charge < -0.3 is 4.98 Å². The minimum atomic E-state index is -0.326. The molecule has 0 bridgehead atoms. The molecule has 3 N–H and O–H groups in total. The van der Waals surface area contributed by atoms with Crippen LogP contribution in [0.25, 0.3) is 0 Å². The zero-order valence-corrected chi connectivity index (χ0v) is 12.8. The van der Waals surface area contributed by atoms with E-state index in [1.54, 1.807) is 0 Å². The molecule has 1 aromatic rings. The van der Waals surface area contributed by atoms with Crippen LogP contribution in [0.4, 0.5) is 0 Å². The Balaban J connectivity index is 2.53. The molecule has 20 heavy (non-hydrogen) atoms. The summed E-state index contributed by atoms with van der Waals surface area (Å²) >= 11 is 4.83. The fraction of sp³-hybridized carbons (Fsp3) is 0.538. The molecule has 0 aliphatic carbocycles. The van der Waals surface area contributed by atoms with Crippen molar-refractivity contribution in [3.05, 3.63) is 26.9 Å². The summed E-state index contributed by atoms with van der Waals surface area (Å²) in [6, 6.07) is 1.31. The third-order valence-corrected chi connectivity index (χ3v) is 2.83. The van der Waals surface area contributed by atoms with Crippen LogP contribution in [-0.2, 0) is 11.2 Å². The third kappa shape index (κ3) is 6.42. The second-order valence-corrected chi connectivity index (χ2v) is 5.51. The molecule has 0 aliphatic rings. The molecule has 0 aromatic carbocycles. The Morgan fingerprint density at radius 2 is 2.15 bits per heavy atom. The normalized spacial score (nSPS) is 11.7. The lowest BCUT2D eigenvalue weighted by molar-refractivity contribution is -0.120. The summed E-state index contributed by atoms with van der Waals surface area (Å²) < 4.78 is 0.205. The molecule has 1 heterocycles. The number of hydrogen-bond acceptors (Lipinski definition) is 4. The third-order valence-electron chi connectivity index (χ3n) is 2.62. The maximum absolute atomic E-state index is 11.7. The summed E-state index contributed by atoms with van der Waals surface area (Å²) in [5.74, 6) is 0.317. The first-order valence-electron chi connectivity index (χ1n) is 6.51. The summed E-state index contributed by atoms with van der Waals surface area (Å²) in [5, 5.41) is 4.03. The van der Waals surface area contributed by atoms with Crippen molar-refractivity contribution < 1.29 is 4.79 Å². The molecule has 0 saturated carbocycles. The van der Waals surface area contributed by atoms with Crippen LogP contribution >= 0.6 is 12.2 Å². The van der Waals surface area contributed by atoms with Gasteiger partial charge in [-0.3, -0.25) is 14.6 Å². The summed E-state index contributed by atoms with van der Waals surface area (Å²) in [7, 11) is 0. The molecule has 0 unspecified atom stereocenters. The van der Waals surface area contributed by atoms with Crippen molar-refractivity contribution in [1.29, 1.82) is 0 Å². The van der Waals surface area contributed by atoms with Crippen molar-refractivity contribution in [2.45, 2.75) is 40.0 Å². The quantitative estimate of drug-likeness (QED) is 0.425. The van der Waals surface area contributed by atoms with Gasteiger partial charge in [-0.05, 0) is 37.9 Å². The number of rotatable bonds is 6. The molecule has 1 aromatic heterocycles. The molecule has 1 rings (SSSR count). The van der Waals surface area contributed by atoms with Gasteiger partial charge in [-0.1, -0.05) is 13.8 Å². The smallest absolute Gasteiger partial charge is 0.251 e. The van der Waals surface area contributed by atoms with Gasteiger partial charge >= 0.3 is 0 Å². The highest BCUT2D eigenvalue weighted by Gasteiger charge is 2.04. The SMILES string of the molecule is C/C(CCC(C)C)=N/NC(=O)Cc1cc(=O)[nH]c(=S)[nH]1. The minimum Gasteiger partial charge on any atom is -0.335 e. The van der Waals surface area contributed by atoms with Crippen molar-refractivity contribution >= 4 is 23.8 Å². The highest BCUT2D eigenvalue weighted by Crippen LogP contribution is 2.04. The number of carbonyl (C=O) groups is 1. The van der Waals surface area contributed by atoms with Gasteiger partial charge in [0, 0.05) is 17.5 Å². The van der Waals surface area contributed by atoms with Gasteiger partial charge in [0.05, 0.1) is 6.42 Å². The molecule has 7 heteroatoms. The number of amides is 1. The molecule has 110 valence electrons. The van der Waals surface area contributed by atoms with Crippen LogP contribution in [-0.4, -0.2) is 21.6 Å². The Hall–Kier alpha value is -1.76. The van der Waals surface area contributed by atoms with Crippen molar-refractivity contribution in [2.24, 2.45) is 11.0 Å². The van der Waals surface area contributed by atoms with Crippen molar-refractivity contribution in [3.8, 4) is 0 Å². The number of hydrogen-bond donors (Lipinski definition) is 3. The Bertz CT molecular complexity index is 573. The second kappa shape index (κ2) is 7.74. The first-order chi connectivity index (χ1) is 9.36. The van der Waals surface area contributed by atoms with E-state index in [9.17, 15) is 9.59 Å². The molecule has 0 aliphatic heterocycles. The summed E-state index contributed by atoms with van der Waals surface area (Å²) in [6.45, 7) is 6.16. The first-order valence-corrected chi connectivity index (χ1v) is 6.92. The summed E-state index contributed by atoms with van der Waals surface area (Å²) in [5.41, 5.74) is 3.50. The zero-order chi connectivity index (χ0) is 15.1. The Morgan fingerprint density at radius 3 is 2.75 bits per heavy atom. The van der Waals surface area contributed by atoms with E-state index in [4.69, 9.17) is 12.2 Å². The largest absolute Gasteiger partial charge is 0.335 e. The molecule has 6 nitrogen and oxygen atoms in total. The molecule has 0 saturated heterocycles. The van der Waals surface area contributed by atoms with Gasteiger partial charge in [-0.15, -0.1) is 0 Å². The number of aromatic amines is 2. The van der Waals surface area contributed by atoms with Crippen LogP contribution in [0, 0.1) is 10.7 Å². The number of aromatic nitrogens is 2. The first kappa shape index (κ1) is 16.3. The number of nitrogens with one attached hydrogen (secondary N) is 3. The Kier molecular flexibility index (Phi) is 6.30. The van der Waals surface area contributed by atoms with Gasteiger partial charge in [0.2, 0.25) is 5.91 Å². The van der Waals surface area contributed by atoms with Crippen LogP contribution in [0.3, 0.4) is 0 Å². The summed E-state index contributed by atoms with van der Waals surface area (Å²) in [6.07, 6.45) is 1.92. The predicted molar refractivity (Wildman–Crippen MR) is 81.3 cm³/mol. The van der Waals surface area contributed by atoms with Crippen LogP contribution in [0.1, 0.15) is 39.3 Å². The highest BCUT2D eigenvalue weighted by molar-refractivity contribution is 7.71. The molecule has 0 spiro atoms. The Labute approximate surface area is 122 Å². The lowest BCUT2D eigenvalue weighted by Gasteiger charge is -2.05. The standard InChI is InChI=1S/C13H20N4O2S/c1-8(2)4-5-9(3)16-17-12(19)7-10-6-11(18)15-13(20)14-10/h6,8H,4-5,7H2,1-3H3,(H,17,19)(H2,14,15,18,20)/b16-9-. The average molecular weight is 296 g/mol. The minimum absolute atomic E-state index is 0.0362. The van der Waals surface area contributed by atoms with Crippen molar-refractivity contribution in [1.82, 2.24) is 15.4 Å². The maximum Gasteiger partial charge on any atom is 0.251 e. The summed E-state index contributed by atoms with van der Waals surface area (Å²) in [4.78, 5) is 28.1. The van der Waals surface area contributed by atoms with Crippen LogP contribution in [0.15, 0.2) is 16.0 Å². The molecule has 0 atom stereocenters. The van der Waals surface area contributed by atoms with E-state index < -0.39 is 0 Å². The fourth-order valence-electron chi connectivity index (χ4n) is 1.54. The van der Waals surface area contributed by atoms with E-state index in [0.29, 0.717) is 11.6 Å². The van der Waals surface area contributed by atoms with Crippen LogP contribution in [0.5, 0.6) is 0 Å². The lowest BCUT2D eigenvalue weighted by Crippen LogP contribution is -2.22. The van der Waals surface area contributed by atoms with E-state index >= 15 is 0 Å². The van der Waals surface area contributed by atoms with Crippen LogP contribution < -0.4 is 11.0 Å². The number of carbonyl (C=O) groups excluding carboxylic acids is 1. The fourth-order valence-corrected chi connectivity index (χ4v) is 1.77. The van der Waals surface area contributed by atoms with Crippen molar-refractivity contribution in [3.63, 3.8) is 0 Å². The molecular weight excluding hydrogens is 276 g/mol. The maximum atomic E-state index is 11.7. The topological polar surface area (TPSA) is 90.1 Å². The second-order valence-electron chi connectivity index (χ2n) is 5.10. The monoisotopic (exact) mass is 296 g/mol. The lowest BCUT2D eigenvalue weighted by atomic mass is 10.1. The van der Waals surface area contributed by atoms with Crippen LogP contribution in [0.2, 0.25) is 0 Å². The van der Waals surface area contributed by atoms with Gasteiger partial charge in [-0.25, -0.2) is 5.43 Å². The van der Waals surface area contributed by atoms with Gasteiger partial charge in [-0.2, -0.15) is 5.10 Å². The van der Waals surface area contributed by atoms with E-state index in [2.05, 4.69) is 34.3 Å². The average Bonchev–Trinajstić information content (AvgIpc) is 2.32. The van der Waals surface area contributed by atoms with Gasteiger partial charge in [0.1, 0.15) is 0 Å². The highest BCUT2D eigenvalue weighted by atomic mass is 32.1. The molecule has 1 amide bonds. The van der Waals surface area contributed by atoms with Gasteiger partial charge in [0.15, 0.2) is 4.77 Å². The Morgan fingerprint density at radius 1 is 1.45 bits per heavy atom. The number of nitrogens with zero attached hydrogens (tertiary/aromatic N) is 1. The van der Waals surface area contributed by atoms with E-state index in [-0.39, 0.29) is 22.7 Å². The molecular formula is C13H20N4O2S. The molecule has 0 fully saturated rings. The number of H-pyrrole nitrogens is 2. The van der Waals surface area contributed by atoms with E-state index in [1.807, 2.05) is 6.92 Å². The molecule has 0 radical (unpaired) electrons. The van der Waals surface area contributed by atoms with E-state index in [1.165, 1.54) is 6.07 Å². The zero-order valence-electron chi connectivity index (χ0n) is 11.9. The van der Waals surface area contributed by atoms with Gasteiger partial charge in [0.25, 0.3) is 5.56 Å². The van der Waals surface area contributed by atoms with Crippen molar-refractivity contribution in [2.75, 3.05) is 0 Å².